The highest BCUT2D eigenvalue weighted by Crippen LogP contribution is 2.09. The van der Waals surface area contributed by atoms with Crippen molar-refractivity contribution in [3.63, 3.8) is 0 Å². The van der Waals surface area contributed by atoms with Crippen molar-refractivity contribution in [3.8, 4) is 0 Å². The van der Waals surface area contributed by atoms with E-state index in [4.69, 9.17) is 11.6 Å². The van der Waals surface area contributed by atoms with E-state index in [9.17, 15) is 9.59 Å². The van der Waals surface area contributed by atoms with E-state index in [0.29, 0.717) is 18.0 Å². The van der Waals surface area contributed by atoms with Gasteiger partial charge in [0.25, 0.3) is 0 Å². The summed E-state index contributed by atoms with van der Waals surface area (Å²) >= 11 is 5.79. The van der Waals surface area contributed by atoms with Gasteiger partial charge < -0.3 is 9.88 Å². The van der Waals surface area contributed by atoms with Gasteiger partial charge in [0, 0.05) is 30.9 Å². The first-order valence-electron chi connectivity index (χ1n) is 6.21. The van der Waals surface area contributed by atoms with Crippen molar-refractivity contribution < 1.29 is 4.79 Å². The monoisotopic (exact) mass is 290 g/mol. The van der Waals surface area contributed by atoms with Gasteiger partial charge >= 0.3 is 0 Å². The molecule has 0 aliphatic rings. The van der Waals surface area contributed by atoms with Gasteiger partial charge in [-0.25, -0.2) is 0 Å². The van der Waals surface area contributed by atoms with Crippen LogP contribution in [0.2, 0.25) is 5.02 Å². The molecule has 0 saturated heterocycles. The molecule has 2 rings (SSSR count). The Morgan fingerprint density at radius 1 is 1.15 bits per heavy atom. The Morgan fingerprint density at radius 3 is 2.45 bits per heavy atom. The fraction of sp³-hybridized carbons (Fsp3) is 0.200. The van der Waals surface area contributed by atoms with Crippen molar-refractivity contribution in [3.05, 3.63) is 69.1 Å². The predicted octanol–water partition coefficient (Wildman–Crippen LogP) is 1.90. The van der Waals surface area contributed by atoms with Crippen molar-refractivity contribution in [1.29, 1.82) is 0 Å². The summed E-state index contributed by atoms with van der Waals surface area (Å²) in [6.07, 6.45) is 2.02. The molecule has 1 amide bonds. The highest BCUT2D eigenvalue weighted by molar-refractivity contribution is 6.30. The minimum atomic E-state index is -0.0684. The lowest BCUT2D eigenvalue weighted by Crippen LogP contribution is -2.25. The van der Waals surface area contributed by atoms with Gasteiger partial charge in [0.15, 0.2) is 0 Å². The van der Waals surface area contributed by atoms with E-state index >= 15 is 0 Å². The summed E-state index contributed by atoms with van der Waals surface area (Å²) in [6.45, 7) is 0.403. The summed E-state index contributed by atoms with van der Waals surface area (Å²) in [5, 5.41) is 3.47. The van der Waals surface area contributed by atoms with Crippen molar-refractivity contribution >= 4 is 17.5 Å². The molecule has 0 fully saturated rings. The van der Waals surface area contributed by atoms with E-state index in [1.165, 1.54) is 10.6 Å². The third-order valence-corrected chi connectivity index (χ3v) is 3.17. The lowest BCUT2D eigenvalue weighted by molar-refractivity contribution is -0.120. The van der Waals surface area contributed by atoms with E-state index in [-0.39, 0.29) is 11.5 Å². The molecule has 0 aliphatic carbocycles. The Hall–Kier alpha value is -2.07. The lowest BCUT2D eigenvalue weighted by Gasteiger charge is -2.07. The molecular formula is C15H15ClN2O2. The molecule has 0 unspecified atom stereocenters. The Balaban J connectivity index is 1.90. The SMILES string of the molecule is Cn1cc(CNC(=O)Cc2ccc(Cl)cc2)ccc1=O. The van der Waals surface area contributed by atoms with Gasteiger partial charge in [-0.2, -0.15) is 0 Å². The highest BCUT2D eigenvalue weighted by Gasteiger charge is 2.04. The topological polar surface area (TPSA) is 51.1 Å². The van der Waals surface area contributed by atoms with Gasteiger partial charge in [0.1, 0.15) is 0 Å². The second kappa shape index (κ2) is 6.39. The molecule has 1 aromatic heterocycles. The molecule has 4 nitrogen and oxygen atoms in total. The maximum Gasteiger partial charge on any atom is 0.250 e. The summed E-state index contributed by atoms with van der Waals surface area (Å²) in [6, 6.07) is 10.4. The van der Waals surface area contributed by atoms with Crippen LogP contribution in [0.25, 0.3) is 0 Å². The molecule has 5 heteroatoms. The Labute approximate surface area is 122 Å². The van der Waals surface area contributed by atoms with Crippen LogP contribution in [0.5, 0.6) is 0 Å². The maximum atomic E-state index is 11.8. The van der Waals surface area contributed by atoms with Crippen molar-refractivity contribution in [1.82, 2.24) is 9.88 Å². The zero-order chi connectivity index (χ0) is 14.5. The van der Waals surface area contributed by atoms with E-state index in [1.54, 1.807) is 31.4 Å². The first-order chi connectivity index (χ1) is 9.54. The number of hydrogen-bond acceptors (Lipinski definition) is 2. The van der Waals surface area contributed by atoms with Gasteiger partial charge in [-0.05, 0) is 23.3 Å². The number of amides is 1. The minimum Gasteiger partial charge on any atom is -0.352 e. The summed E-state index contributed by atoms with van der Waals surface area (Å²) < 4.78 is 1.49. The van der Waals surface area contributed by atoms with Crippen LogP contribution < -0.4 is 10.9 Å². The summed E-state index contributed by atoms with van der Waals surface area (Å²) in [4.78, 5) is 23.1. The molecule has 0 bridgehead atoms. The van der Waals surface area contributed by atoms with Crippen LogP contribution in [-0.2, 0) is 24.8 Å². The normalized spacial score (nSPS) is 10.3. The van der Waals surface area contributed by atoms with Crippen molar-refractivity contribution in [2.24, 2.45) is 7.05 Å². The third kappa shape index (κ3) is 3.96. The summed E-state index contributed by atoms with van der Waals surface area (Å²) in [5.41, 5.74) is 1.73. The second-order valence-corrected chi connectivity index (χ2v) is 5.00. The minimum absolute atomic E-state index is 0.0683. The average molecular weight is 291 g/mol. The number of benzene rings is 1. The van der Waals surface area contributed by atoms with Crippen molar-refractivity contribution in [2.75, 3.05) is 0 Å². The number of pyridine rings is 1. The zero-order valence-corrected chi connectivity index (χ0v) is 11.9. The number of halogens is 1. The molecule has 1 heterocycles. The van der Waals surface area contributed by atoms with Gasteiger partial charge in [0.2, 0.25) is 11.5 Å². The molecular weight excluding hydrogens is 276 g/mol. The zero-order valence-electron chi connectivity index (χ0n) is 11.1. The largest absolute Gasteiger partial charge is 0.352 e. The number of rotatable bonds is 4. The average Bonchev–Trinajstić information content (AvgIpc) is 2.43. The smallest absolute Gasteiger partial charge is 0.250 e. The van der Waals surface area contributed by atoms with Crippen LogP contribution in [-0.4, -0.2) is 10.5 Å². The molecule has 0 spiro atoms. The fourth-order valence-electron chi connectivity index (χ4n) is 1.81. The lowest BCUT2D eigenvalue weighted by atomic mass is 10.1. The van der Waals surface area contributed by atoms with E-state index in [1.807, 2.05) is 12.1 Å². The van der Waals surface area contributed by atoms with Gasteiger partial charge in [0.05, 0.1) is 6.42 Å². The molecule has 20 heavy (non-hydrogen) atoms. The molecule has 1 N–H and O–H groups in total. The molecule has 0 atom stereocenters. The van der Waals surface area contributed by atoms with Crippen LogP contribution in [0.3, 0.4) is 0 Å². The molecule has 0 radical (unpaired) electrons. The predicted molar refractivity (Wildman–Crippen MR) is 78.7 cm³/mol. The maximum absolute atomic E-state index is 11.8. The molecule has 0 aliphatic heterocycles. The second-order valence-electron chi connectivity index (χ2n) is 4.57. The van der Waals surface area contributed by atoms with Crippen LogP contribution in [0, 0.1) is 0 Å². The number of nitrogens with zero attached hydrogens (tertiary/aromatic N) is 1. The first kappa shape index (κ1) is 14.3. The number of nitrogens with one attached hydrogen (secondary N) is 1. The molecule has 0 saturated carbocycles. The molecule has 2 aromatic rings. The number of carbonyl (C=O) groups excluding carboxylic acids is 1. The van der Waals surface area contributed by atoms with Gasteiger partial charge in [-0.3, -0.25) is 9.59 Å². The molecule has 104 valence electrons. The Morgan fingerprint density at radius 2 is 1.80 bits per heavy atom. The fourth-order valence-corrected chi connectivity index (χ4v) is 1.93. The first-order valence-corrected chi connectivity index (χ1v) is 6.59. The van der Waals surface area contributed by atoms with Crippen LogP contribution in [0.15, 0.2) is 47.4 Å². The van der Waals surface area contributed by atoms with Gasteiger partial charge in [-0.1, -0.05) is 29.8 Å². The number of aromatic nitrogens is 1. The summed E-state index contributed by atoms with van der Waals surface area (Å²) in [7, 11) is 1.68. The van der Waals surface area contributed by atoms with Gasteiger partial charge in [-0.15, -0.1) is 0 Å². The molecule has 1 aromatic carbocycles. The highest BCUT2D eigenvalue weighted by atomic mass is 35.5. The van der Waals surface area contributed by atoms with E-state index in [0.717, 1.165) is 11.1 Å². The Kier molecular flexibility index (Phi) is 4.58. The van der Waals surface area contributed by atoms with Crippen LogP contribution in [0.4, 0.5) is 0 Å². The van der Waals surface area contributed by atoms with Crippen LogP contribution >= 0.6 is 11.6 Å². The standard InChI is InChI=1S/C15H15ClN2O2/c1-18-10-12(4-7-15(18)20)9-17-14(19)8-11-2-5-13(16)6-3-11/h2-7,10H,8-9H2,1H3,(H,17,19). The van der Waals surface area contributed by atoms with Crippen molar-refractivity contribution in [2.45, 2.75) is 13.0 Å². The van der Waals surface area contributed by atoms with Crippen LogP contribution in [0.1, 0.15) is 11.1 Å². The summed E-state index contributed by atoms with van der Waals surface area (Å²) in [5.74, 6) is -0.0684. The number of carbonyl (C=O) groups is 1. The number of hydrogen-bond donors (Lipinski definition) is 1. The van der Waals surface area contributed by atoms with E-state index < -0.39 is 0 Å². The third-order valence-electron chi connectivity index (χ3n) is 2.91. The van der Waals surface area contributed by atoms with E-state index in [2.05, 4.69) is 5.32 Å². The quantitative estimate of drug-likeness (QED) is 0.935. The number of aryl methyl sites for hydroxylation is 1. The Bertz CT molecular complexity index is 662.